The van der Waals surface area contributed by atoms with Crippen LogP contribution in [0.3, 0.4) is 0 Å². The van der Waals surface area contributed by atoms with Gasteiger partial charge in [0.05, 0.1) is 5.37 Å². The standard InChI is InChI=1S/C5H10NS/c1-5-6(2)3-4-7-5/h5H,1,3-4H2,2H3. The van der Waals surface area contributed by atoms with E-state index in [0.717, 1.165) is 0 Å². The highest BCUT2D eigenvalue weighted by atomic mass is 32.2. The van der Waals surface area contributed by atoms with Gasteiger partial charge >= 0.3 is 0 Å². The first-order valence-corrected chi connectivity index (χ1v) is 3.50. The van der Waals surface area contributed by atoms with Gasteiger partial charge in [0.1, 0.15) is 0 Å². The van der Waals surface area contributed by atoms with E-state index in [1.165, 1.54) is 12.3 Å². The van der Waals surface area contributed by atoms with Gasteiger partial charge in [0.15, 0.2) is 0 Å². The van der Waals surface area contributed by atoms with Crippen LogP contribution in [0.25, 0.3) is 0 Å². The Morgan fingerprint density at radius 1 is 1.86 bits per heavy atom. The van der Waals surface area contributed by atoms with E-state index < -0.39 is 0 Å². The van der Waals surface area contributed by atoms with Gasteiger partial charge in [-0.05, 0) is 14.0 Å². The second kappa shape index (κ2) is 2.05. The van der Waals surface area contributed by atoms with Crippen molar-refractivity contribution < 1.29 is 0 Å². The number of thioether (sulfide) groups is 1. The molecule has 0 N–H and O–H groups in total. The van der Waals surface area contributed by atoms with Gasteiger partial charge in [-0.1, -0.05) is 0 Å². The minimum atomic E-state index is 0.514. The van der Waals surface area contributed by atoms with Crippen LogP contribution < -0.4 is 0 Å². The Kier molecular flexibility index (Phi) is 1.60. The van der Waals surface area contributed by atoms with Crippen LogP contribution in [-0.4, -0.2) is 29.6 Å². The fourth-order valence-electron chi connectivity index (χ4n) is 0.604. The van der Waals surface area contributed by atoms with Crippen LogP contribution in [0.4, 0.5) is 0 Å². The van der Waals surface area contributed by atoms with Gasteiger partial charge in [-0.3, -0.25) is 4.90 Å². The fourth-order valence-corrected chi connectivity index (χ4v) is 1.63. The first-order chi connectivity index (χ1) is 3.30. The molecule has 41 valence electrons. The molecule has 1 aliphatic rings. The van der Waals surface area contributed by atoms with E-state index in [1.54, 1.807) is 0 Å². The maximum Gasteiger partial charge on any atom is 0.0556 e. The van der Waals surface area contributed by atoms with Gasteiger partial charge < -0.3 is 0 Å². The summed E-state index contributed by atoms with van der Waals surface area (Å²) in [6.45, 7) is 5.11. The Balaban J connectivity index is 2.33. The highest BCUT2D eigenvalue weighted by molar-refractivity contribution is 8.00. The molecular weight excluding hydrogens is 106 g/mol. The highest BCUT2D eigenvalue weighted by Gasteiger charge is 2.14. The molecule has 1 unspecified atom stereocenters. The average Bonchev–Trinajstić information content (AvgIpc) is 1.91. The van der Waals surface area contributed by atoms with Gasteiger partial charge in [0, 0.05) is 12.3 Å². The van der Waals surface area contributed by atoms with Crippen molar-refractivity contribution in [3.8, 4) is 0 Å². The molecule has 2 heteroatoms. The average molecular weight is 116 g/mol. The molecule has 0 bridgehead atoms. The molecule has 1 saturated heterocycles. The predicted octanol–water partition coefficient (Wildman–Crippen LogP) is 0.825. The summed E-state index contributed by atoms with van der Waals surface area (Å²) < 4.78 is 0. The molecule has 1 heterocycles. The van der Waals surface area contributed by atoms with E-state index in [-0.39, 0.29) is 0 Å². The lowest BCUT2D eigenvalue weighted by molar-refractivity contribution is 0.388. The van der Waals surface area contributed by atoms with E-state index in [1.807, 2.05) is 11.8 Å². The molecule has 1 rings (SSSR count). The monoisotopic (exact) mass is 116 g/mol. The molecule has 7 heavy (non-hydrogen) atoms. The van der Waals surface area contributed by atoms with E-state index in [9.17, 15) is 0 Å². The van der Waals surface area contributed by atoms with Crippen LogP contribution in [0.15, 0.2) is 0 Å². The molecule has 1 fully saturated rings. The van der Waals surface area contributed by atoms with E-state index in [0.29, 0.717) is 5.37 Å². The van der Waals surface area contributed by atoms with Crippen LogP contribution in [0.2, 0.25) is 0 Å². The Hall–Kier alpha value is 0.310. The van der Waals surface area contributed by atoms with Gasteiger partial charge in [0.25, 0.3) is 0 Å². The van der Waals surface area contributed by atoms with Crippen molar-refractivity contribution in [1.29, 1.82) is 0 Å². The van der Waals surface area contributed by atoms with E-state index in [2.05, 4.69) is 18.9 Å². The normalized spacial score (nSPS) is 34.3. The second-order valence-corrected chi connectivity index (χ2v) is 3.09. The van der Waals surface area contributed by atoms with Gasteiger partial charge in [-0.15, -0.1) is 11.8 Å². The van der Waals surface area contributed by atoms with Crippen molar-refractivity contribution in [2.45, 2.75) is 5.37 Å². The molecule has 0 amide bonds. The Bertz CT molecular complexity index is 57.1. The van der Waals surface area contributed by atoms with Crippen molar-refractivity contribution in [2.75, 3.05) is 19.3 Å². The molecule has 1 atom stereocenters. The molecule has 1 nitrogen and oxygen atoms in total. The third-order valence-corrected chi connectivity index (χ3v) is 2.41. The van der Waals surface area contributed by atoms with E-state index >= 15 is 0 Å². The SMILES string of the molecule is [CH2]C1SCCN1C. The Morgan fingerprint density at radius 2 is 2.57 bits per heavy atom. The molecule has 0 aromatic rings. The van der Waals surface area contributed by atoms with Crippen LogP contribution in [-0.2, 0) is 0 Å². The van der Waals surface area contributed by atoms with Crippen molar-refractivity contribution in [2.24, 2.45) is 0 Å². The van der Waals surface area contributed by atoms with Crippen LogP contribution >= 0.6 is 11.8 Å². The zero-order chi connectivity index (χ0) is 5.28. The van der Waals surface area contributed by atoms with Gasteiger partial charge in [-0.25, -0.2) is 0 Å². The molecule has 0 aromatic heterocycles. The Labute approximate surface area is 49.1 Å². The lowest BCUT2D eigenvalue weighted by Crippen LogP contribution is -2.20. The first kappa shape index (κ1) is 5.45. The molecule has 0 aromatic carbocycles. The van der Waals surface area contributed by atoms with Gasteiger partial charge in [0.2, 0.25) is 0 Å². The maximum absolute atomic E-state index is 3.91. The molecule has 0 spiro atoms. The number of nitrogens with zero attached hydrogens (tertiary/aromatic N) is 1. The minimum Gasteiger partial charge on any atom is -0.294 e. The van der Waals surface area contributed by atoms with Crippen LogP contribution in [0.5, 0.6) is 0 Å². The summed E-state index contributed by atoms with van der Waals surface area (Å²) in [7, 11) is 2.11. The summed E-state index contributed by atoms with van der Waals surface area (Å²) in [6.07, 6.45) is 0. The van der Waals surface area contributed by atoms with Crippen molar-refractivity contribution >= 4 is 11.8 Å². The molecule has 1 aliphatic heterocycles. The minimum absolute atomic E-state index is 0.514. The Morgan fingerprint density at radius 3 is 2.71 bits per heavy atom. The molecule has 0 saturated carbocycles. The highest BCUT2D eigenvalue weighted by Crippen LogP contribution is 2.19. The maximum atomic E-state index is 3.91. The summed E-state index contributed by atoms with van der Waals surface area (Å²) in [5.41, 5.74) is 0. The number of hydrogen-bond donors (Lipinski definition) is 0. The van der Waals surface area contributed by atoms with Crippen molar-refractivity contribution in [3.05, 3.63) is 6.92 Å². The molecular formula is C5H10NS. The zero-order valence-corrected chi connectivity index (χ0v) is 5.37. The zero-order valence-electron chi connectivity index (χ0n) is 4.55. The topological polar surface area (TPSA) is 3.24 Å². The largest absolute Gasteiger partial charge is 0.294 e. The van der Waals surface area contributed by atoms with Gasteiger partial charge in [-0.2, -0.15) is 0 Å². The lowest BCUT2D eigenvalue weighted by Gasteiger charge is -2.10. The first-order valence-electron chi connectivity index (χ1n) is 2.45. The smallest absolute Gasteiger partial charge is 0.0556 e. The van der Waals surface area contributed by atoms with Crippen LogP contribution in [0, 0.1) is 6.92 Å². The second-order valence-electron chi connectivity index (χ2n) is 1.81. The summed E-state index contributed by atoms with van der Waals surface area (Å²) in [6, 6.07) is 0. The number of rotatable bonds is 0. The quantitative estimate of drug-likeness (QED) is 0.461. The summed E-state index contributed by atoms with van der Waals surface area (Å²) in [5.74, 6) is 1.25. The van der Waals surface area contributed by atoms with Crippen molar-refractivity contribution in [3.63, 3.8) is 0 Å². The predicted molar refractivity (Wildman–Crippen MR) is 34.2 cm³/mol. The summed E-state index contributed by atoms with van der Waals surface area (Å²) in [4.78, 5) is 2.25. The third-order valence-electron chi connectivity index (χ3n) is 1.25. The molecule has 0 aliphatic carbocycles. The summed E-state index contributed by atoms with van der Waals surface area (Å²) in [5, 5.41) is 0.514. The summed E-state index contributed by atoms with van der Waals surface area (Å²) >= 11 is 1.92. The van der Waals surface area contributed by atoms with Crippen LogP contribution in [0.1, 0.15) is 0 Å². The third kappa shape index (κ3) is 1.10. The van der Waals surface area contributed by atoms with E-state index in [4.69, 9.17) is 0 Å². The van der Waals surface area contributed by atoms with Crippen molar-refractivity contribution in [1.82, 2.24) is 4.90 Å². The fraction of sp³-hybridized carbons (Fsp3) is 0.800. The molecule has 1 radical (unpaired) electrons. The lowest BCUT2D eigenvalue weighted by atomic mass is 10.6. The number of hydrogen-bond acceptors (Lipinski definition) is 2.